The predicted molar refractivity (Wildman–Crippen MR) is 91.4 cm³/mol. The van der Waals surface area contributed by atoms with Gasteiger partial charge in [0.1, 0.15) is 5.75 Å². The molecule has 1 atom stereocenters. The first-order chi connectivity index (χ1) is 10.7. The molecule has 0 saturated heterocycles. The van der Waals surface area contributed by atoms with Gasteiger partial charge in [-0.25, -0.2) is 0 Å². The summed E-state index contributed by atoms with van der Waals surface area (Å²) >= 11 is 6.11. The molecule has 2 aromatic carbocycles. The third kappa shape index (κ3) is 3.98. The number of hydrogen-bond donors (Lipinski definition) is 1. The zero-order valence-corrected chi connectivity index (χ0v) is 13.9. The number of rotatable bonds is 8. The summed E-state index contributed by atoms with van der Waals surface area (Å²) in [6.45, 7) is 2.73. The molecule has 0 aliphatic rings. The molecule has 0 fully saturated rings. The SMILES string of the molecule is CCC(Cl)CCCCOc1cc(OC)c(O)c2ccccc12. The lowest BCUT2D eigenvalue weighted by molar-refractivity contribution is 0.304. The minimum atomic E-state index is 0.151. The second kappa shape index (κ2) is 8.14. The number of fused-ring (bicyclic) bond motifs is 1. The zero-order valence-electron chi connectivity index (χ0n) is 13.1. The molecule has 0 amide bonds. The first-order valence-electron chi connectivity index (χ1n) is 7.73. The number of aromatic hydroxyl groups is 1. The normalized spacial score (nSPS) is 12.3. The first kappa shape index (κ1) is 16.8. The smallest absolute Gasteiger partial charge is 0.165 e. The van der Waals surface area contributed by atoms with Crippen LogP contribution in [0.1, 0.15) is 32.6 Å². The summed E-state index contributed by atoms with van der Waals surface area (Å²) in [6, 6.07) is 9.36. The highest BCUT2D eigenvalue weighted by atomic mass is 35.5. The van der Waals surface area contributed by atoms with Gasteiger partial charge in [0.2, 0.25) is 0 Å². The Morgan fingerprint density at radius 3 is 2.55 bits per heavy atom. The molecule has 4 heteroatoms. The Morgan fingerprint density at radius 1 is 1.14 bits per heavy atom. The van der Waals surface area contributed by atoms with E-state index >= 15 is 0 Å². The highest BCUT2D eigenvalue weighted by Crippen LogP contribution is 2.40. The van der Waals surface area contributed by atoms with E-state index in [1.165, 1.54) is 0 Å². The van der Waals surface area contributed by atoms with E-state index in [2.05, 4.69) is 6.92 Å². The van der Waals surface area contributed by atoms with Crippen molar-refractivity contribution in [1.82, 2.24) is 0 Å². The van der Waals surface area contributed by atoms with Crippen molar-refractivity contribution in [2.75, 3.05) is 13.7 Å². The van der Waals surface area contributed by atoms with Crippen LogP contribution in [-0.4, -0.2) is 24.2 Å². The minimum absolute atomic E-state index is 0.151. The summed E-state index contributed by atoms with van der Waals surface area (Å²) < 4.78 is 11.1. The van der Waals surface area contributed by atoms with Gasteiger partial charge in [0, 0.05) is 22.2 Å². The van der Waals surface area contributed by atoms with E-state index < -0.39 is 0 Å². The average Bonchev–Trinajstić information content (AvgIpc) is 2.56. The van der Waals surface area contributed by atoms with Crippen molar-refractivity contribution in [1.29, 1.82) is 0 Å². The lowest BCUT2D eigenvalue weighted by Gasteiger charge is -2.13. The van der Waals surface area contributed by atoms with E-state index in [1.807, 2.05) is 24.3 Å². The predicted octanol–water partition coefficient (Wildman–Crippen LogP) is 5.12. The minimum Gasteiger partial charge on any atom is -0.504 e. The van der Waals surface area contributed by atoms with Crippen LogP contribution in [0.15, 0.2) is 30.3 Å². The van der Waals surface area contributed by atoms with E-state index in [4.69, 9.17) is 21.1 Å². The van der Waals surface area contributed by atoms with Gasteiger partial charge in [-0.2, -0.15) is 0 Å². The zero-order chi connectivity index (χ0) is 15.9. The number of phenolic OH excluding ortho intramolecular Hbond substituents is 1. The van der Waals surface area contributed by atoms with Crippen molar-refractivity contribution in [3.63, 3.8) is 0 Å². The van der Waals surface area contributed by atoms with Crippen LogP contribution in [0.2, 0.25) is 0 Å². The number of methoxy groups -OCH3 is 1. The van der Waals surface area contributed by atoms with Crippen LogP contribution in [0, 0.1) is 0 Å². The van der Waals surface area contributed by atoms with Crippen LogP contribution < -0.4 is 9.47 Å². The molecular formula is C18H23ClO3. The molecule has 0 aliphatic heterocycles. The van der Waals surface area contributed by atoms with Crippen molar-refractivity contribution in [3.05, 3.63) is 30.3 Å². The van der Waals surface area contributed by atoms with Crippen molar-refractivity contribution in [2.45, 2.75) is 38.0 Å². The number of unbranched alkanes of at least 4 members (excludes halogenated alkanes) is 1. The molecule has 0 heterocycles. The fraction of sp³-hybridized carbons (Fsp3) is 0.444. The number of ether oxygens (including phenoxy) is 2. The quantitative estimate of drug-likeness (QED) is 0.541. The molecule has 22 heavy (non-hydrogen) atoms. The third-order valence-electron chi connectivity index (χ3n) is 3.78. The first-order valence-corrected chi connectivity index (χ1v) is 8.16. The molecule has 1 N–H and O–H groups in total. The molecule has 120 valence electrons. The molecule has 2 aromatic rings. The number of alkyl halides is 1. The summed E-state index contributed by atoms with van der Waals surface area (Å²) in [5, 5.41) is 12.1. The Kier molecular flexibility index (Phi) is 6.20. The average molecular weight is 323 g/mol. The van der Waals surface area contributed by atoms with Crippen LogP contribution in [0.25, 0.3) is 10.8 Å². The summed E-state index contributed by atoms with van der Waals surface area (Å²) in [6.07, 6.45) is 4.03. The maximum absolute atomic E-state index is 10.2. The maximum atomic E-state index is 10.2. The summed E-state index contributed by atoms with van der Waals surface area (Å²) in [7, 11) is 1.54. The summed E-state index contributed by atoms with van der Waals surface area (Å²) in [5.74, 6) is 1.32. The lowest BCUT2D eigenvalue weighted by Crippen LogP contribution is -2.01. The lowest BCUT2D eigenvalue weighted by atomic mass is 10.1. The van der Waals surface area contributed by atoms with Gasteiger partial charge >= 0.3 is 0 Å². The molecule has 0 radical (unpaired) electrons. The van der Waals surface area contributed by atoms with Crippen LogP contribution in [0.3, 0.4) is 0 Å². The monoisotopic (exact) mass is 322 g/mol. The van der Waals surface area contributed by atoms with Gasteiger partial charge in [0.05, 0.1) is 13.7 Å². The van der Waals surface area contributed by atoms with Crippen molar-refractivity contribution in [3.8, 4) is 17.2 Å². The van der Waals surface area contributed by atoms with Gasteiger partial charge in [0.15, 0.2) is 11.5 Å². The van der Waals surface area contributed by atoms with Crippen LogP contribution in [0.4, 0.5) is 0 Å². The summed E-state index contributed by atoms with van der Waals surface area (Å²) in [5.41, 5.74) is 0. The van der Waals surface area contributed by atoms with E-state index in [0.29, 0.717) is 12.4 Å². The molecule has 0 aromatic heterocycles. The maximum Gasteiger partial charge on any atom is 0.165 e. The number of halogens is 1. The number of benzene rings is 2. The van der Waals surface area contributed by atoms with Crippen LogP contribution in [0.5, 0.6) is 17.2 Å². The largest absolute Gasteiger partial charge is 0.504 e. The fourth-order valence-electron chi connectivity index (χ4n) is 2.43. The van der Waals surface area contributed by atoms with Crippen molar-refractivity contribution in [2.24, 2.45) is 0 Å². The third-order valence-corrected chi connectivity index (χ3v) is 4.30. The topological polar surface area (TPSA) is 38.7 Å². The Hall–Kier alpha value is -1.61. The van der Waals surface area contributed by atoms with E-state index in [-0.39, 0.29) is 11.1 Å². The van der Waals surface area contributed by atoms with Gasteiger partial charge < -0.3 is 14.6 Å². The Balaban J connectivity index is 2.06. The Morgan fingerprint density at radius 2 is 1.86 bits per heavy atom. The molecule has 0 aliphatic carbocycles. The van der Waals surface area contributed by atoms with Crippen LogP contribution in [-0.2, 0) is 0 Å². The fourth-order valence-corrected chi connectivity index (χ4v) is 2.59. The van der Waals surface area contributed by atoms with E-state index in [1.54, 1.807) is 13.2 Å². The van der Waals surface area contributed by atoms with Gasteiger partial charge in [-0.3, -0.25) is 0 Å². The van der Waals surface area contributed by atoms with Gasteiger partial charge in [0.25, 0.3) is 0 Å². The van der Waals surface area contributed by atoms with E-state index in [0.717, 1.165) is 42.2 Å². The standard InChI is InChI=1S/C18H23ClO3/c1-3-13(19)8-6-7-11-22-16-12-17(21-2)18(20)15-10-5-4-9-14(15)16/h4-5,9-10,12-13,20H,3,6-8,11H2,1-2H3. The molecule has 0 bridgehead atoms. The number of phenols is 1. The molecule has 0 saturated carbocycles. The second-order valence-corrected chi connectivity index (χ2v) is 5.94. The molecule has 1 unspecified atom stereocenters. The van der Waals surface area contributed by atoms with Crippen LogP contribution >= 0.6 is 11.6 Å². The van der Waals surface area contributed by atoms with Crippen molar-refractivity contribution >= 4 is 22.4 Å². The molecule has 0 spiro atoms. The molecule has 3 nitrogen and oxygen atoms in total. The van der Waals surface area contributed by atoms with Gasteiger partial charge in [-0.1, -0.05) is 31.2 Å². The highest BCUT2D eigenvalue weighted by Gasteiger charge is 2.12. The van der Waals surface area contributed by atoms with Gasteiger partial charge in [-0.15, -0.1) is 11.6 Å². The van der Waals surface area contributed by atoms with Crippen molar-refractivity contribution < 1.29 is 14.6 Å². The number of hydrogen-bond acceptors (Lipinski definition) is 3. The van der Waals surface area contributed by atoms with E-state index in [9.17, 15) is 5.11 Å². The molecular weight excluding hydrogens is 300 g/mol. The summed E-state index contributed by atoms with van der Waals surface area (Å²) in [4.78, 5) is 0. The second-order valence-electron chi connectivity index (χ2n) is 5.32. The van der Waals surface area contributed by atoms with Gasteiger partial charge in [-0.05, 0) is 25.7 Å². The molecule has 2 rings (SSSR count). The highest BCUT2D eigenvalue weighted by molar-refractivity contribution is 6.20. The Labute approximate surface area is 136 Å². The Bertz CT molecular complexity index is 613.